The number of ether oxygens (including phenoxy) is 1. The lowest BCUT2D eigenvalue weighted by Gasteiger charge is -2.38. The van der Waals surface area contributed by atoms with Gasteiger partial charge in [-0.15, -0.1) is 0 Å². The van der Waals surface area contributed by atoms with Crippen molar-refractivity contribution in [2.24, 2.45) is 0 Å². The number of amides is 1. The van der Waals surface area contributed by atoms with Crippen LogP contribution in [-0.4, -0.2) is 25.7 Å². The standard InChI is InChI=1S/C19H19FINO2/c20-15-6-7-16(17(21)12-15)18(23)22-13-19(8-10-24-11-9-19)14-4-2-1-3-5-14/h1-7,12H,8-11,13H2,(H,22,23). The van der Waals surface area contributed by atoms with Gasteiger partial charge in [-0.25, -0.2) is 4.39 Å². The van der Waals surface area contributed by atoms with Crippen LogP contribution < -0.4 is 5.32 Å². The first kappa shape index (κ1) is 17.4. The van der Waals surface area contributed by atoms with Crippen molar-refractivity contribution in [3.8, 4) is 0 Å². The van der Waals surface area contributed by atoms with E-state index in [1.54, 1.807) is 0 Å². The lowest BCUT2D eigenvalue weighted by Crippen LogP contribution is -2.44. The number of hydrogen-bond donors (Lipinski definition) is 1. The fraction of sp³-hybridized carbons (Fsp3) is 0.316. The Hall–Kier alpha value is -1.47. The number of hydrogen-bond acceptors (Lipinski definition) is 2. The van der Waals surface area contributed by atoms with Gasteiger partial charge in [-0.2, -0.15) is 0 Å². The van der Waals surface area contributed by atoms with E-state index in [2.05, 4.69) is 17.4 Å². The average molecular weight is 439 g/mol. The van der Waals surface area contributed by atoms with E-state index >= 15 is 0 Å². The third-order valence-corrected chi connectivity index (χ3v) is 5.49. The maximum absolute atomic E-state index is 13.2. The number of carbonyl (C=O) groups excluding carboxylic acids is 1. The van der Waals surface area contributed by atoms with E-state index in [0.717, 1.165) is 12.8 Å². The van der Waals surface area contributed by atoms with Gasteiger partial charge in [-0.1, -0.05) is 30.3 Å². The summed E-state index contributed by atoms with van der Waals surface area (Å²) >= 11 is 1.99. The third kappa shape index (κ3) is 3.78. The summed E-state index contributed by atoms with van der Waals surface area (Å²) < 4.78 is 19.4. The highest BCUT2D eigenvalue weighted by molar-refractivity contribution is 14.1. The summed E-state index contributed by atoms with van der Waals surface area (Å²) in [5, 5.41) is 3.05. The van der Waals surface area contributed by atoms with E-state index < -0.39 is 0 Å². The molecule has 0 atom stereocenters. The quantitative estimate of drug-likeness (QED) is 0.734. The molecule has 0 unspecified atom stereocenters. The van der Waals surface area contributed by atoms with Crippen LogP contribution in [0.1, 0.15) is 28.8 Å². The molecular formula is C19H19FINO2. The van der Waals surface area contributed by atoms with E-state index in [1.807, 2.05) is 40.8 Å². The van der Waals surface area contributed by atoms with Crippen molar-refractivity contribution >= 4 is 28.5 Å². The van der Waals surface area contributed by atoms with Crippen LogP contribution in [0.4, 0.5) is 4.39 Å². The predicted octanol–water partition coefficient (Wildman–Crippen LogP) is 3.91. The predicted molar refractivity (Wildman–Crippen MR) is 99.6 cm³/mol. The molecule has 1 aliphatic heterocycles. The van der Waals surface area contributed by atoms with Gasteiger partial charge >= 0.3 is 0 Å². The minimum atomic E-state index is -0.332. The van der Waals surface area contributed by atoms with Crippen molar-refractivity contribution in [1.29, 1.82) is 0 Å². The summed E-state index contributed by atoms with van der Waals surface area (Å²) in [6, 6.07) is 14.5. The second-order valence-electron chi connectivity index (χ2n) is 6.07. The van der Waals surface area contributed by atoms with Crippen LogP contribution in [0.3, 0.4) is 0 Å². The maximum Gasteiger partial charge on any atom is 0.252 e. The first-order valence-corrected chi connectivity index (χ1v) is 9.05. The van der Waals surface area contributed by atoms with Crippen LogP contribution in [0.2, 0.25) is 0 Å². The van der Waals surface area contributed by atoms with Gasteiger partial charge in [0.1, 0.15) is 5.82 Å². The molecule has 2 aromatic rings. The Morgan fingerprint density at radius 2 is 1.88 bits per heavy atom. The van der Waals surface area contributed by atoms with Gasteiger partial charge < -0.3 is 10.1 Å². The normalized spacial score (nSPS) is 16.6. The maximum atomic E-state index is 13.2. The van der Waals surface area contributed by atoms with E-state index in [1.165, 1.54) is 23.8 Å². The van der Waals surface area contributed by atoms with Crippen molar-refractivity contribution in [3.63, 3.8) is 0 Å². The molecule has 126 valence electrons. The molecule has 1 saturated heterocycles. The Labute approximate surface area is 154 Å². The fourth-order valence-electron chi connectivity index (χ4n) is 3.14. The Bertz CT molecular complexity index is 715. The smallest absolute Gasteiger partial charge is 0.252 e. The summed E-state index contributed by atoms with van der Waals surface area (Å²) in [5.41, 5.74) is 1.62. The summed E-state index contributed by atoms with van der Waals surface area (Å²) in [5.74, 6) is -0.498. The molecule has 1 aliphatic rings. The Balaban J connectivity index is 1.78. The fourth-order valence-corrected chi connectivity index (χ4v) is 3.86. The summed E-state index contributed by atoms with van der Waals surface area (Å²) in [6.45, 7) is 1.93. The van der Waals surface area contributed by atoms with Gasteiger partial charge in [0.25, 0.3) is 5.91 Å². The lowest BCUT2D eigenvalue weighted by atomic mass is 9.74. The molecule has 0 aromatic heterocycles. The molecule has 0 aliphatic carbocycles. The molecule has 0 spiro atoms. The highest BCUT2D eigenvalue weighted by Gasteiger charge is 2.34. The van der Waals surface area contributed by atoms with Crippen molar-refractivity contribution in [2.45, 2.75) is 18.3 Å². The molecule has 0 saturated carbocycles. The van der Waals surface area contributed by atoms with Gasteiger partial charge in [0, 0.05) is 28.7 Å². The number of nitrogens with one attached hydrogen (secondary N) is 1. The van der Waals surface area contributed by atoms with Crippen LogP contribution in [0.5, 0.6) is 0 Å². The van der Waals surface area contributed by atoms with Crippen molar-refractivity contribution < 1.29 is 13.9 Å². The van der Waals surface area contributed by atoms with Crippen molar-refractivity contribution in [3.05, 3.63) is 69.0 Å². The van der Waals surface area contributed by atoms with E-state index in [9.17, 15) is 9.18 Å². The Kier molecular flexibility index (Phi) is 5.50. The number of rotatable bonds is 4. The molecule has 24 heavy (non-hydrogen) atoms. The van der Waals surface area contributed by atoms with Crippen molar-refractivity contribution in [2.75, 3.05) is 19.8 Å². The molecule has 1 amide bonds. The Morgan fingerprint density at radius 1 is 1.17 bits per heavy atom. The first-order chi connectivity index (χ1) is 11.6. The van der Waals surface area contributed by atoms with Gasteiger partial charge in [-0.3, -0.25) is 4.79 Å². The summed E-state index contributed by atoms with van der Waals surface area (Å²) in [4.78, 5) is 12.5. The zero-order valence-corrected chi connectivity index (χ0v) is 15.4. The second-order valence-corrected chi connectivity index (χ2v) is 7.23. The number of halogens is 2. The molecule has 3 rings (SSSR count). The summed E-state index contributed by atoms with van der Waals surface area (Å²) in [7, 11) is 0. The highest BCUT2D eigenvalue weighted by Crippen LogP contribution is 2.34. The van der Waals surface area contributed by atoms with Crippen LogP contribution in [-0.2, 0) is 10.2 Å². The van der Waals surface area contributed by atoms with Crippen LogP contribution in [0.25, 0.3) is 0 Å². The van der Waals surface area contributed by atoms with Crippen LogP contribution in [0.15, 0.2) is 48.5 Å². The zero-order chi connectivity index (χ0) is 17.0. The highest BCUT2D eigenvalue weighted by atomic mass is 127. The minimum Gasteiger partial charge on any atom is -0.381 e. The van der Waals surface area contributed by atoms with Crippen LogP contribution in [0, 0.1) is 9.39 Å². The van der Waals surface area contributed by atoms with Crippen molar-refractivity contribution in [1.82, 2.24) is 5.32 Å². The molecule has 1 N–H and O–H groups in total. The number of benzene rings is 2. The van der Waals surface area contributed by atoms with E-state index in [-0.39, 0.29) is 17.1 Å². The summed E-state index contributed by atoms with van der Waals surface area (Å²) in [6.07, 6.45) is 1.75. The average Bonchev–Trinajstić information content (AvgIpc) is 2.61. The zero-order valence-electron chi connectivity index (χ0n) is 13.2. The lowest BCUT2D eigenvalue weighted by molar-refractivity contribution is 0.0487. The second kappa shape index (κ2) is 7.61. The van der Waals surface area contributed by atoms with Gasteiger partial charge in [0.15, 0.2) is 0 Å². The molecule has 2 aromatic carbocycles. The topological polar surface area (TPSA) is 38.3 Å². The third-order valence-electron chi connectivity index (χ3n) is 4.60. The van der Waals surface area contributed by atoms with E-state index in [0.29, 0.717) is 28.9 Å². The molecule has 0 radical (unpaired) electrons. The monoisotopic (exact) mass is 439 g/mol. The largest absolute Gasteiger partial charge is 0.381 e. The molecule has 5 heteroatoms. The Morgan fingerprint density at radius 3 is 2.54 bits per heavy atom. The van der Waals surface area contributed by atoms with Gasteiger partial charge in [0.2, 0.25) is 0 Å². The molecular weight excluding hydrogens is 420 g/mol. The van der Waals surface area contributed by atoms with Crippen LogP contribution >= 0.6 is 22.6 Å². The SMILES string of the molecule is O=C(NCC1(c2ccccc2)CCOCC1)c1ccc(F)cc1I. The minimum absolute atomic E-state index is 0.110. The van der Waals surface area contributed by atoms with Gasteiger partial charge in [0.05, 0.1) is 5.56 Å². The first-order valence-electron chi connectivity index (χ1n) is 7.97. The van der Waals surface area contributed by atoms with E-state index in [4.69, 9.17) is 4.74 Å². The van der Waals surface area contributed by atoms with Gasteiger partial charge in [-0.05, 0) is 59.2 Å². The number of carbonyl (C=O) groups is 1. The molecule has 1 heterocycles. The molecule has 1 fully saturated rings. The molecule has 3 nitrogen and oxygen atoms in total. The molecule has 0 bridgehead atoms.